The topological polar surface area (TPSA) is 76.1 Å². The SMILES string of the molecule is COCCNc1cc(C(=O)NC2CCCCCC2)ncn1. The second kappa shape index (κ2) is 8.56. The Morgan fingerprint density at radius 2 is 2.05 bits per heavy atom. The molecule has 0 bridgehead atoms. The van der Waals surface area contributed by atoms with Crippen molar-refractivity contribution in [1.82, 2.24) is 15.3 Å². The minimum atomic E-state index is -0.112. The zero-order valence-electron chi connectivity index (χ0n) is 12.6. The normalized spacial score (nSPS) is 16.2. The van der Waals surface area contributed by atoms with Gasteiger partial charge in [0.05, 0.1) is 6.61 Å². The summed E-state index contributed by atoms with van der Waals surface area (Å²) >= 11 is 0. The highest BCUT2D eigenvalue weighted by Gasteiger charge is 2.16. The Kier molecular flexibility index (Phi) is 6.40. The number of aromatic nitrogens is 2. The van der Waals surface area contributed by atoms with Crippen LogP contribution in [-0.2, 0) is 4.74 Å². The largest absolute Gasteiger partial charge is 0.383 e. The lowest BCUT2D eigenvalue weighted by molar-refractivity contribution is 0.0928. The van der Waals surface area contributed by atoms with Crippen LogP contribution < -0.4 is 10.6 Å². The van der Waals surface area contributed by atoms with Crippen LogP contribution in [0.2, 0.25) is 0 Å². The van der Waals surface area contributed by atoms with Crippen LogP contribution in [-0.4, -0.2) is 42.2 Å². The lowest BCUT2D eigenvalue weighted by atomic mass is 10.1. The lowest BCUT2D eigenvalue weighted by Gasteiger charge is -2.16. The summed E-state index contributed by atoms with van der Waals surface area (Å²) in [6, 6.07) is 1.96. The molecule has 2 rings (SSSR count). The third-order valence-corrected chi connectivity index (χ3v) is 3.70. The molecule has 1 aromatic rings. The molecule has 1 amide bonds. The molecule has 116 valence electrons. The molecule has 0 saturated heterocycles. The molecule has 1 fully saturated rings. The maximum Gasteiger partial charge on any atom is 0.270 e. The van der Waals surface area contributed by atoms with Crippen LogP contribution >= 0.6 is 0 Å². The summed E-state index contributed by atoms with van der Waals surface area (Å²) in [5.41, 5.74) is 0.411. The maximum atomic E-state index is 12.3. The average Bonchev–Trinajstić information content (AvgIpc) is 2.76. The Hall–Kier alpha value is -1.69. The van der Waals surface area contributed by atoms with Gasteiger partial charge in [-0.05, 0) is 12.8 Å². The van der Waals surface area contributed by atoms with Gasteiger partial charge in [-0.2, -0.15) is 0 Å². The zero-order valence-corrected chi connectivity index (χ0v) is 12.6. The van der Waals surface area contributed by atoms with Crippen LogP contribution in [0.3, 0.4) is 0 Å². The van der Waals surface area contributed by atoms with Crippen LogP contribution in [0.25, 0.3) is 0 Å². The van der Waals surface area contributed by atoms with Gasteiger partial charge in [0.2, 0.25) is 0 Å². The molecule has 6 heteroatoms. The Morgan fingerprint density at radius 3 is 2.76 bits per heavy atom. The monoisotopic (exact) mass is 292 g/mol. The summed E-state index contributed by atoms with van der Waals surface area (Å²) in [5.74, 6) is 0.534. The number of carbonyl (C=O) groups excluding carboxylic acids is 1. The smallest absolute Gasteiger partial charge is 0.270 e. The van der Waals surface area contributed by atoms with E-state index < -0.39 is 0 Å². The quantitative estimate of drug-likeness (QED) is 0.619. The van der Waals surface area contributed by atoms with Gasteiger partial charge in [0.25, 0.3) is 5.91 Å². The molecule has 0 unspecified atom stereocenters. The van der Waals surface area contributed by atoms with E-state index in [4.69, 9.17) is 4.74 Å². The Morgan fingerprint density at radius 1 is 1.29 bits per heavy atom. The molecule has 2 N–H and O–H groups in total. The van der Waals surface area contributed by atoms with Crippen molar-refractivity contribution in [3.05, 3.63) is 18.1 Å². The van der Waals surface area contributed by atoms with Gasteiger partial charge in [-0.15, -0.1) is 0 Å². The van der Waals surface area contributed by atoms with E-state index in [-0.39, 0.29) is 11.9 Å². The molecule has 0 spiro atoms. The second-order valence-corrected chi connectivity index (χ2v) is 5.37. The number of anilines is 1. The number of nitrogens with one attached hydrogen (secondary N) is 2. The van der Waals surface area contributed by atoms with E-state index in [1.807, 2.05) is 0 Å². The van der Waals surface area contributed by atoms with Gasteiger partial charge in [0.1, 0.15) is 17.8 Å². The third-order valence-electron chi connectivity index (χ3n) is 3.70. The van der Waals surface area contributed by atoms with Gasteiger partial charge in [0, 0.05) is 25.8 Å². The first-order chi connectivity index (χ1) is 10.3. The minimum absolute atomic E-state index is 0.112. The highest BCUT2D eigenvalue weighted by atomic mass is 16.5. The molecule has 1 heterocycles. The molecular weight excluding hydrogens is 268 g/mol. The van der Waals surface area contributed by atoms with Crippen LogP contribution in [0.1, 0.15) is 49.0 Å². The van der Waals surface area contributed by atoms with Crippen molar-refractivity contribution in [1.29, 1.82) is 0 Å². The number of carbonyl (C=O) groups is 1. The van der Waals surface area contributed by atoms with E-state index in [1.165, 1.54) is 32.0 Å². The highest BCUT2D eigenvalue weighted by Crippen LogP contribution is 2.17. The van der Waals surface area contributed by atoms with Crippen molar-refractivity contribution in [2.75, 3.05) is 25.6 Å². The van der Waals surface area contributed by atoms with Crippen molar-refractivity contribution in [3.63, 3.8) is 0 Å². The van der Waals surface area contributed by atoms with E-state index in [2.05, 4.69) is 20.6 Å². The Labute approximate surface area is 125 Å². The molecule has 0 aliphatic heterocycles. The number of hydrogen-bond donors (Lipinski definition) is 2. The molecule has 1 aromatic heterocycles. The first kappa shape index (κ1) is 15.7. The van der Waals surface area contributed by atoms with Crippen molar-refractivity contribution < 1.29 is 9.53 Å². The fourth-order valence-electron chi connectivity index (χ4n) is 2.54. The zero-order chi connectivity index (χ0) is 14.9. The van der Waals surface area contributed by atoms with Gasteiger partial charge in [0.15, 0.2) is 0 Å². The summed E-state index contributed by atoms with van der Waals surface area (Å²) in [4.78, 5) is 20.4. The summed E-state index contributed by atoms with van der Waals surface area (Å²) < 4.78 is 4.97. The number of methoxy groups -OCH3 is 1. The summed E-state index contributed by atoms with van der Waals surface area (Å²) in [6.45, 7) is 1.24. The summed E-state index contributed by atoms with van der Waals surface area (Å²) in [7, 11) is 1.65. The third kappa shape index (κ3) is 5.30. The van der Waals surface area contributed by atoms with Crippen LogP contribution in [0.5, 0.6) is 0 Å². The van der Waals surface area contributed by atoms with E-state index in [1.54, 1.807) is 13.2 Å². The Balaban J connectivity index is 1.90. The van der Waals surface area contributed by atoms with Crippen LogP contribution in [0.4, 0.5) is 5.82 Å². The maximum absolute atomic E-state index is 12.3. The van der Waals surface area contributed by atoms with E-state index in [0.717, 1.165) is 12.8 Å². The first-order valence-electron chi connectivity index (χ1n) is 7.65. The van der Waals surface area contributed by atoms with Gasteiger partial charge in [-0.25, -0.2) is 9.97 Å². The fraction of sp³-hybridized carbons (Fsp3) is 0.667. The molecule has 1 saturated carbocycles. The van der Waals surface area contributed by atoms with Gasteiger partial charge < -0.3 is 15.4 Å². The number of rotatable bonds is 6. The molecule has 0 radical (unpaired) electrons. The molecule has 21 heavy (non-hydrogen) atoms. The van der Waals surface area contributed by atoms with Crippen LogP contribution in [0.15, 0.2) is 12.4 Å². The van der Waals surface area contributed by atoms with Crippen molar-refractivity contribution in [2.45, 2.75) is 44.6 Å². The Bertz CT molecular complexity index is 445. The molecular formula is C15H24N4O2. The second-order valence-electron chi connectivity index (χ2n) is 5.37. The average molecular weight is 292 g/mol. The van der Waals surface area contributed by atoms with E-state index in [0.29, 0.717) is 24.7 Å². The minimum Gasteiger partial charge on any atom is -0.383 e. The molecule has 0 atom stereocenters. The molecule has 0 aromatic carbocycles. The van der Waals surface area contributed by atoms with Crippen molar-refractivity contribution >= 4 is 11.7 Å². The van der Waals surface area contributed by atoms with Gasteiger partial charge >= 0.3 is 0 Å². The number of ether oxygens (including phenoxy) is 1. The van der Waals surface area contributed by atoms with Crippen molar-refractivity contribution in [2.24, 2.45) is 0 Å². The number of hydrogen-bond acceptors (Lipinski definition) is 5. The van der Waals surface area contributed by atoms with Crippen molar-refractivity contribution in [3.8, 4) is 0 Å². The van der Waals surface area contributed by atoms with E-state index in [9.17, 15) is 4.79 Å². The number of nitrogens with zero attached hydrogens (tertiary/aromatic N) is 2. The van der Waals surface area contributed by atoms with Crippen LogP contribution in [0, 0.1) is 0 Å². The predicted molar refractivity (Wildman–Crippen MR) is 81.4 cm³/mol. The fourth-order valence-corrected chi connectivity index (χ4v) is 2.54. The summed E-state index contributed by atoms with van der Waals surface area (Å²) in [6.07, 6.45) is 8.47. The molecule has 1 aliphatic carbocycles. The lowest BCUT2D eigenvalue weighted by Crippen LogP contribution is -2.35. The highest BCUT2D eigenvalue weighted by molar-refractivity contribution is 5.93. The number of amides is 1. The first-order valence-corrected chi connectivity index (χ1v) is 7.65. The summed E-state index contributed by atoms with van der Waals surface area (Å²) in [5, 5.41) is 6.19. The predicted octanol–water partition coefficient (Wildman–Crippen LogP) is 1.99. The standard InChI is InChI=1S/C15H24N4O2/c1-21-9-8-16-14-10-13(17-11-18-14)15(20)19-12-6-4-2-3-5-7-12/h10-12H,2-9H2,1H3,(H,19,20)(H,16,17,18). The van der Waals surface area contributed by atoms with E-state index >= 15 is 0 Å². The molecule has 1 aliphatic rings. The molecule has 6 nitrogen and oxygen atoms in total. The van der Waals surface area contributed by atoms with Gasteiger partial charge in [-0.1, -0.05) is 25.7 Å². The van der Waals surface area contributed by atoms with Gasteiger partial charge in [-0.3, -0.25) is 4.79 Å².